The van der Waals surface area contributed by atoms with Gasteiger partial charge in [0.15, 0.2) is 5.82 Å². The molecule has 0 saturated heterocycles. The van der Waals surface area contributed by atoms with Gasteiger partial charge in [0.2, 0.25) is 0 Å². The van der Waals surface area contributed by atoms with E-state index in [1.807, 2.05) is 6.92 Å². The van der Waals surface area contributed by atoms with Gasteiger partial charge >= 0.3 is 0 Å². The second kappa shape index (κ2) is 5.60. The number of nitrogens with zero attached hydrogens (tertiary/aromatic N) is 2. The van der Waals surface area contributed by atoms with E-state index in [1.165, 1.54) is 0 Å². The van der Waals surface area contributed by atoms with Crippen LogP contribution in [0.5, 0.6) is 5.75 Å². The second-order valence-electron chi connectivity index (χ2n) is 3.95. The number of hydrogen-bond acceptors (Lipinski definition) is 4. The van der Waals surface area contributed by atoms with Crippen LogP contribution in [0.15, 0.2) is 24.3 Å². The fourth-order valence-electron chi connectivity index (χ4n) is 1.58. The average Bonchev–Trinajstić information content (AvgIpc) is 2.34. The van der Waals surface area contributed by atoms with Gasteiger partial charge in [-0.3, -0.25) is 0 Å². The Kier molecular flexibility index (Phi) is 3.89. The smallest absolute Gasteiger partial charge is 0.168 e. The molecule has 1 aromatic heterocycles. The standard InChI is InChI=1S/C13H13F2N3O/c1-8-3-12(16-2)18-13(17-8)7-19-11-5-9(14)4-10(15)6-11/h3-6H,7H2,1-2H3,(H,16,17,18). The minimum Gasteiger partial charge on any atom is -0.485 e. The van der Waals surface area contributed by atoms with Crippen molar-refractivity contribution in [3.05, 3.63) is 47.4 Å². The predicted molar refractivity (Wildman–Crippen MR) is 67.0 cm³/mol. The predicted octanol–water partition coefficient (Wildman–Crippen LogP) is 2.68. The molecule has 0 saturated carbocycles. The molecule has 2 aromatic rings. The number of rotatable bonds is 4. The summed E-state index contributed by atoms with van der Waals surface area (Å²) in [7, 11) is 1.74. The van der Waals surface area contributed by atoms with E-state index in [-0.39, 0.29) is 12.4 Å². The molecule has 1 N–H and O–H groups in total. The first-order chi connectivity index (χ1) is 9.06. The van der Waals surface area contributed by atoms with Crippen LogP contribution in [-0.2, 0) is 6.61 Å². The molecule has 0 aliphatic carbocycles. The molecule has 0 aliphatic heterocycles. The third-order valence-corrected chi connectivity index (χ3v) is 2.36. The van der Waals surface area contributed by atoms with E-state index in [0.717, 1.165) is 23.9 Å². The van der Waals surface area contributed by atoms with Gasteiger partial charge in [0.1, 0.15) is 29.8 Å². The van der Waals surface area contributed by atoms with Crippen LogP contribution < -0.4 is 10.1 Å². The van der Waals surface area contributed by atoms with Crippen molar-refractivity contribution in [2.75, 3.05) is 12.4 Å². The molecule has 0 fully saturated rings. The van der Waals surface area contributed by atoms with E-state index in [0.29, 0.717) is 11.6 Å². The van der Waals surface area contributed by atoms with Crippen molar-refractivity contribution in [2.24, 2.45) is 0 Å². The Morgan fingerprint density at radius 1 is 1.11 bits per heavy atom. The summed E-state index contributed by atoms with van der Waals surface area (Å²) in [5.74, 6) is -0.161. The minimum atomic E-state index is -0.684. The molecule has 0 unspecified atom stereocenters. The zero-order chi connectivity index (χ0) is 13.8. The van der Waals surface area contributed by atoms with Crippen molar-refractivity contribution in [3.63, 3.8) is 0 Å². The highest BCUT2D eigenvalue weighted by molar-refractivity contribution is 5.34. The minimum absolute atomic E-state index is 0.0409. The van der Waals surface area contributed by atoms with Crippen LogP contribution in [0.3, 0.4) is 0 Å². The van der Waals surface area contributed by atoms with Crippen LogP contribution in [0.4, 0.5) is 14.6 Å². The van der Waals surface area contributed by atoms with E-state index in [1.54, 1.807) is 13.1 Å². The summed E-state index contributed by atoms with van der Waals surface area (Å²) in [4.78, 5) is 8.36. The van der Waals surface area contributed by atoms with Crippen LogP contribution in [-0.4, -0.2) is 17.0 Å². The topological polar surface area (TPSA) is 47.0 Å². The Bertz CT molecular complexity index is 570. The summed E-state index contributed by atoms with van der Waals surface area (Å²) in [5, 5.41) is 2.90. The third-order valence-electron chi connectivity index (χ3n) is 2.36. The highest BCUT2D eigenvalue weighted by Crippen LogP contribution is 2.16. The largest absolute Gasteiger partial charge is 0.485 e. The molecule has 2 rings (SSSR count). The molecule has 0 radical (unpaired) electrons. The van der Waals surface area contributed by atoms with E-state index in [4.69, 9.17) is 4.74 Å². The number of hydrogen-bond donors (Lipinski definition) is 1. The Labute approximate surface area is 109 Å². The fourth-order valence-corrected chi connectivity index (χ4v) is 1.58. The van der Waals surface area contributed by atoms with Gasteiger partial charge < -0.3 is 10.1 Å². The quantitative estimate of drug-likeness (QED) is 0.923. The number of benzene rings is 1. The molecule has 1 aromatic carbocycles. The monoisotopic (exact) mass is 265 g/mol. The second-order valence-corrected chi connectivity index (χ2v) is 3.95. The molecule has 0 amide bonds. The van der Waals surface area contributed by atoms with E-state index >= 15 is 0 Å². The van der Waals surface area contributed by atoms with Gasteiger partial charge in [-0.1, -0.05) is 0 Å². The third kappa shape index (κ3) is 3.61. The molecule has 6 heteroatoms. The van der Waals surface area contributed by atoms with Gasteiger partial charge in [0.25, 0.3) is 0 Å². The van der Waals surface area contributed by atoms with Gasteiger partial charge in [-0.05, 0) is 6.92 Å². The Morgan fingerprint density at radius 2 is 1.79 bits per heavy atom. The first-order valence-electron chi connectivity index (χ1n) is 5.68. The average molecular weight is 265 g/mol. The van der Waals surface area contributed by atoms with Crippen molar-refractivity contribution in [3.8, 4) is 5.75 Å². The lowest BCUT2D eigenvalue weighted by atomic mass is 10.3. The molecule has 1 heterocycles. The highest BCUT2D eigenvalue weighted by Gasteiger charge is 2.05. The van der Waals surface area contributed by atoms with Gasteiger partial charge in [0, 0.05) is 37.0 Å². The Hall–Kier alpha value is -2.24. The van der Waals surface area contributed by atoms with E-state index in [9.17, 15) is 8.78 Å². The van der Waals surface area contributed by atoms with Gasteiger partial charge in [-0.2, -0.15) is 0 Å². The Balaban J connectivity index is 2.11. The lowest BCUT2D eigenvalue weighted by Gasteiger charge is -2.08. The molecular weight excluding hydrogens is 252 g/mol. The van der Waals surface area contributed by atoms with Crippen LogP contribution in [0.1, 0.15) is 11.5 Å². The van der Waals surface area contributed by atoms with Crippen LogP contribution in [0, 0.1) is 18.6 Å². The lowest BCUT2D eigenvalue weighted by Crippen LogP contribution is -2.05. The molecule has 0 aliphatic rings. The van der Waals surface area contributed by atoms with E-state index in [2.05, 4.69) is 15.3 Å². The van der Waals surface area contributed by atoms with Crippen molar-refractivity contribution >= 4 is 5.82 Å². The summed E-state index contributed by atoms with van der Waals surface area (Å²) in [5.41, 5.74) is 0.781. The first-order valence-corrected chi connectivity index (χ1v) is 5.68. The van der Waals surface area contributed by atoms with E-state index < -0.39 is 11.6 Å². The summed E-state index contributed by atoms with van der Waals surface area (Å²) < 4.78 is 31.2. The summed E-state index contributed by atoms with van der Waals surface area (Å²) in [6, 6.07) is 4.79. The number of nitrogens with one attached hydrogen (secondary N) is 1. The van der Waals surface area contributed by atoms with Crippen molar-refractivity contribution < 1.29 is 13.5 Å². The summed E-state index contributed by atoms with van der Waals surface area (Å²) in [6.45, 7) is 1.87. The number of ether oxygens (including phenoxy) is 1. The van der Waals surface area contributed by atoms with Crippen molar-refractivity contribution in [1.29, 1.82) is 0 Å². The maximum absolute atomic E-state index is 13.0. The summed E-state index contributed by atoms with van der Waals surface area (Å²) in [6.07, 6.45) is 0. The number of aromatic nitrogens is 2. The fraction of sp³-hybridized carbons (Fsp3) is 0.231. The molecule has 19 heavy (non-hydrogen) atoms. The summed E-state index contributed by atoms with van der Waals surface area (Å²) >= 11 is 0. The van der Waals surface area contributed by atoms with Gasteiger partial charge in [-0.15, -0.1) is 0 Å². The van der Waals surface area contributed by atoms with Crippen LogP contribution in [0.2, 0.25) is 0 Å². The van der Waals surface area contributed by atoms with Gasteiger partial charge in [-0.25, -0.2) is 18.7 Å². The van der Waals surface area contributed by atoms with Crippen molar-refractivity contribution in [1.82, 2.24) is 9.97 Å². The van der Waals surface area contributed by atoms with Crippen LogP contribution >= 0.6 is 0 Å². The van der Waals surface area contributed by atoms with Gasteiger partial charge in [0.05, 0.1) is 0 Å². The van der Waals surface area contributed by atoms with Crippen molar-refractivity contribution in [2.45, 2.75) is 13.5 Å². The lowest BCUT2D eigenvalue weighted by molar-refractivity contribution is 0.292. The molecule has 100 valence electrons. The normalized spacial score (nSPS) is 10.3. The first kappa shape index (κ1) is 13.2. The molecule has 4 nitrogen and oxygen atoms in total. The molecular formula is C13H13F2N3O. The molecule has 0 atom stereocenters. The molecule has 0 spiro atoms. The number of aryl methyl sites for hydroxylation is 1. The van der Waals surface area contributed by atoms with Crippen LogP contribution in [0.25, 0.3) is 0 Å². The maximum atomic E-state index is 13.0. The highest BCUT2D eigenvalue weighted by atomic mass is 19.1. The maximum Gasteiger partial charge on any atom is 0.168 e. The zero-order valence-electron chi connectivity index (χ0n) is 10.6. The number of anilines is 1. The Morgan fingerprint density at radius 3 is 2.42 bits per heavy atom. The number of halogens is 2. The molecule has 0 bridgehead atoms. The zero-order valence-corrected chi connectivity index (χ0v) is 10.6. The SMILES string of the molecule is CNc1cc(C)nc(COc2cc(F)cc(F)c2)n1.